The first kappa shape index (κ1) is 27.7. The van der Waals surface area contributed by atoms with Crippen LogP contribution in [0.3, 0.4) is 0 Å². The fraction of sp³-hybridized carbons (Fsp3) is 0.355. The monoisotopic (exact) mass is 597 g/mol. The van der Waals surface area contributed by atoms with E-state index in [1.807, 2.05) is 44.7 Å². The fourth-order valence-corrected chi connectivity index (χ4v) is 5.88. The average Bonchev–Trinajstić information content (AvgIpc) is 3.71. The number of pyridine rings is 2. The number of fused-ring (bicyclic) bond motifs is 3. The molecule has 12 nitrogen and oxygen atoms in total. The van der Waals surface area contributed by atoms with Crippen molar-refractivity contribution in [2.75, 3.05) is 29.9 Å². The van der Waals surface area contributed by atoms with Crippen LogP contribution in [-0.4, -0.2) is 71.8 Å². The highest BCUT2D eigenvalue weighted by molar-refractivity contribution is 5.88. The van der Waals surface area contributed by atoms with Crippen molar-refractivity contribution in [1.82, 2.24) is 34.4 Å². The molecule has 44 heavy (non-hydrogen) atoms. The Morgan fingerprint density at radius 2 is 1.93 bits per heavy atom. The van der Waals surface area contributed by atoms with Crippen molar-refractivity contribution in [1.29, 1.82) is 0 Å². The second kappa shape index (κ2) is 10.6. The number of rotatable bonds is 5. The minimum absolute atomic E-state index is 0.0584. The van der Waals surface area contributed by atoms with Crippen molar-refractivity contribution in [2.45, 2.75) is 45.8 Å². The lowest BCUT2D eigenvalue weighted by atomic mass is 10.1. The van der Waals surface area contributed by atoms with Gasteiger partial charge in [-0.05, 0) is 63.9 Å². The van der Waals surface area contributed by atoms with Crippen LogP contribution in [0.1, 0.15) is 32.8 Å². The molecule has 2 aliphatic rings. The van der Waals surface area contributed by atoms with Gasteiger partial charge in [0.15, 0.2) is 11.5 Å². The van der Waals surface area contributed by atoms with E-state index in [1.54, 1.807) is 28.9 Å². The molecule has 2 aliphatic heterocycles. The van der Waals surface area contributed by atoms with Crippen molar-refractivity contribution in [3.8, 4) is 11.5 Å². The summed E-state index contributed by atoms with van der Waals surface area (Å²) in [5.41, 5.74) is 2.18. The van der Waals surface area contributed by atoms with Crippen LogP contribution in [0.5, 0.6) is 11.5 Å². The van der Waals surface area contributed by atoms with Crippen molar-refractivity contribution < 1.29 is 18.7 Å². The van der Waals surface area contributed by atoms with Crippen LogP contribution in [0, 0.1) is 18.7 Å². The summed E-state index contributed by atoms with van der Waals surface area (Å²) >= 11 is 0. The summed E-state index contributed by atoms with van der Waals surface area (Å²) in [5.74, 6) is 1.86. The van der Waals surface area contributed by atoms with Crippen LogP contribution in [0.25, 0.3) is 16.7 Å². The molecule has 1 N–H and O–H groups in total. The average molecular weight is 598 g/mol. The van der Waals surface area contributed by atoms with Gasteiger partial charge in [0.05, 0.1) is 17.2 Å². The largest absolute Gasteiger partial charge is 0.457 e. The number of ether oxygens (including phenoxy) is 2. The molecule has 0 aliphatic carbocycles. The fourth-order valence-electron chi connectivity index (χ4n) is 5.88. The minimum Gasteiger partial charge on any atom is -0.457 e. The first-order valence-electron chi connectivity index (χ1n) is 14.5. The molecule has 0 radical (unpaired) electrons. The molecule has 2 atom stereocenters. The number of benzene rings is 1. The van der Waals surface area contributed by atoms with Gasteiger partial charge < -0.3 is 24.6 Å². The molecule has 1 aromatic carbocycles. The molecule has 226 valence electrons. The second-order valence-electron chi connectivity index (χ2n) is 12.2. The number of carbonyl (C=O) groups is 1. The van der Waals surface area contributed by atoms with Gasteiger partial charge in [0.25, 0.3) is 0 Å². The van der Waals surface area contributed by atoms with Gasteiger partial charge in [0, 0.05) is 43.9 Å². The van der Waals surface area contributed by atoms with E-state index < -0.39 is 11.4 Å². The molecular weight excluding hydrogens is 565 g/mol. The standard InChI is InChI=1S/C31H32FN9O3/c1-18-11-23(21(32)13-25(18)43-20-8-10-41-27(12-20)34-17-36-41)37-29-28-22(33-16-35-29)5-6-26(38-28)39-14-19-7-9-40(24(19)15-39)30(42)44-31(2,3)4/h5-6,8,10-13,16-17,19,24H,7,9,14-15H2,1-4H3,(H,33,35,37)/t19-,24+/m0/s1. The molecule has 0 unspecified atom stereocenters. The number of aryl methyl sites for hydroxylation is 1. The van der Waals surface area contributed by atoms with Crippen LogP contribution in [0.4, 0.5) is 26.5 Å². The van der Waals surface area contributed by atoms with Gasteiger partial charge in [0.2, 0.25) is 0 Å². The molecule has 0 saturated carbocycles. The molecule has 1 amide bonds. The normalized spacial score (nSPS) is 18.2. The molecule has 6 heterocycles. The van der Waals surface area contributed by atoms with Crippen LogP contribution in [-0.2, 0) is 4.74 Å². The van der Waals surface area contributed by atoms with E-state index in [9.17, 15) is 4.79 Å². The summed E-state index contributed by atoms with van der Waals surface area (Å²) in [6.07, 6.45) is 5.25. The highest BCUT2D eigenvalue weighted by atomic mass is 19.1. The number of aromatic nitrogens is 6. The predicted octanol–water partition coefficient (Wildman–Crippen LogP) is 5.50. The topological polar surface area (TPSA) is 123 Å². The van der Waals surface area contributed by atoms with Crippen molar-refractivity contribution in [2.24, 2.45) is 5.92 Å². The number of nitrogens with one attached hydrogen (secondary N) is 1. The lowest BCUT2D eigenvalue weighted by molar-refractivity contribution is 0.0229. The zero-order valence-electron chi connectivity index (χ0n) is 24.9. The maximum atomic E-state index is 15.4. The Kier molecular flexibility index (Phi) is 6.67. The van der Waals surface area contributed by atoms with Crippen molar-refractivity contribution >= 4 is 40.1 Å². The highest BCUT2D eigenvalue weighted by Crippen LogP contribution is 2.36. The Hall–Kier alpha value is -5.07. The van der Waals surface area contributed by atoms with Crippen LogP contribution < -0.4 is 15.0 Å². The molecule has 2 fully saturated rings. The number of carbonyl (C=O) groups excluding carboxylic acids is 1. The summed E-state index contributed by atoms with van der Waals surface area (Å²) in [4.78, 5) is 34.7. The summed E-state index contributed by atoms with van der Waals surface area (Å²) in [6.45, 7) is 9.59. The predicted molar refractivity (Wildman–Crippen MR) is 162 cm³/mol. The van der Waals surface area contributed by atoms with E-state index in [-0.39, 0.29) is 17.8 Å². The smallest absolute Gasteiger partial charge is 0.410 e. The number of amides is 1. The highest BCUT2D eigenvalue weighted by Gasteiger charge is 2.45. The van der Waals surface area contributed by atoms with Crippen molar-refractivity contribution in [3.05, 3.63) is 66.6 Å². The molecule has 7 rings (SSSR count). The quantitative estimate of drug-likeness (QED) is 0.278. The Morgan fingerprint density at radius 1 is 1.07 bits per heavy atom. The van der Waals surface area contributed by atoms with Gasteiger partial charge in [-0.15, -0.1) is 0 Å². The number of nitrogens with zero attached hydrogens (tertiary/aromatic N) is 8. The first-order valence-corrected chi connectivity index (χ1v) is 14.5. The molecular formula is C31H32FN9O3. The Bertz CT molecular complexity index is 1890. The third-order valence-electron chi connectivity index (χ3n) is 7.96. The maximum absolute atomic E-state index is 15.4. The summed E-state index contributed by atoms with van der Waals surface area (Å²) in [7, 11) is 0. The van der Waals surface area contributed by atoms with E-state index in [0.29, 0.717) is 53.0 Å². The summed E-state index contributed by atoms with van der Waals surface area (Å²) < 4.78 is 28.6. The van der Waals surface area contributed by atoms with Gasteiger partial charge in [-0.25, -0.2) is 33.6 Å². The third-order valence-corrected chi connectivity index (χ3v) is 7.96. The van der Waals surface area contributed by atoms with Crippen LogP contribution in [0.2, 0.25) is 0 Å². The summed E-state index contributed by atoms with van der Waals surface area (Å²) in [6, 6.07) is 10.3. The number of halogens is 1. The van der Waals surface area contributed by atoms with E-state index in [4.69, 9.17) is 14.5 Å². The van der Waals surface area contributed by atoms with Gasteiger partial charge in [-0.3, -0.25) is 0 Å². The number of hydrogen-bond acceptors (Lipinski definition) is 10. The third kappa shape index (κ3) is 5.29. The number of hydrogen-bond donors (Lipinski definition) is 1. The van der Waals surface area contributed by atoms with E-state index in [2.05, 4.69) is 30.3 Å². The lowest BCUT2D eigenvalue weighted by Gasteiger charge is -2.28. The second-order valence-corrected chi connectivity index (χ2v) is 12.2. The zero-order chi connectivity index (χ0) is 30.6. The van der Waals surface area contributed by atoms with E-state index >= 15 is 4.39 Å². The molecule has 0 bridgehead atoms. The Balaban J connectivity index is 1.11. The van der Waals surface area contributed by atoms with Crippen molar-refractivity contribution in [3.63, 3.8) is 0 Å². The van der Waals surface area contributed by atoms with E-state index in [1.165, 1.54) is 18.7 Å². The molecule has 13 heteroatoms. The Morgan fingerprint density at radius 3 is 2.77 bits per heavy atom. The first-order chi connectivity index (χ1) is 21.1. The molecule has 4 aromatic heterocycles. The van der Waals surface area contributed by atoms with Gasteiger partial charge in [0.1, 0.15) is 46.9 Å². The van der Waals surface area contributed by atoms with Gasteiger partial charge in [-0.2, -0.15) is 5.10 Å². The molecule has 0 spiro atoms. The van der Waals surface area contributed by atoms with Gasteiger partial charge in [-0.1, -0.05) is 0 Å². The Labute approximate surface area is 252 Å². The minimum atomic E-state index is -0.546. The zero-order valence-corrected chi connectivity index (χ0v) is 24.9. The maximum Gasteiger partial charge on any atom is 0.410 e. The number of anilines is 3. The lowest BCUT2D eigenvalue weighted by Crippen LogP contribution is -2.42. The molecule has 5 aromatic rings. The molecule has 2 saturated heterocycles. The SMILES string of the molecule is Cc1cc(Nc2ncnc3ccc(N4C[C@@H]5CCN(C(=O)OC(C)(C)C)[C@@H]5C4)nc23)c(F)cc1Oc1ccn2ncnc2c1. The van der Waals surface area contributed by atoms with E-state index in [0.717, 1.165) is 24.3 Å². The van der Waals surface area contributed by atoms with Crippen LogP contribution >= 0.6 is 0 Å². The summed E-state index contributed by atoms with van der Waals surface area (Å²) in [5, 5.41) is 7.19. The van der Waals surface area contributed by atoms with Crippen LogP contribution in [0.15, 0.2) is 55.2 Å². The number of likely N-dealkylation sites (tertiary alicyclic amines) is 1. The van der Waals surface area contributed by atoms with Gasteiger partial charge >= 0.3 is 6.09 Å².